The zero-order valence-corrected chi connectivity index (χ0v) is 24.0. The van der Waals surface area contributed by atoms with E-state index in [1.54, 1.807) is 6.07 Å². The Morgan fingerprint density at radius 2 is 1.66 bits per heavy atom. The van der Waals surface area contributed by atoms with E-state index >= 15 is 0 Å². The second-order valence-electron chi connectivity index (χ2n) is 11.3. The van der Waals surface area contributed by atoms with Crippen molar-refractivity contribution in [1.29, 1.82) is 0 Å². The molecular weight excluding hydrogens is 571 g/mol. The van der Waals surface area contributed by atoms with E-state index in [4.69, 9.17) is 10.3 Å². The Kier molecular flexibility index (Phi) is 6.90. The summed E-state index contributed by atoms with van der Waals surface area (Å²) in [4.78, 5) is 20.2. The highest BCUT2D eigenvalue weighted by atomic mass is 19.4. The molecule has 0 saturated carbocycles. The van der Waals surface area contributed by atoms with Crippen molar-refractivity contribution in [3.63, 3.8) is 0 Å². The SMILES string of the molecule is CN1CCN(Cc2ccccc2-c2ccc(N3CCc4c(C(F)(F)F)nn(-c5ccc6onc(N)c6c5)c4C3=O)cc2)CC1. The number of halogens is 3. The van der Waals surface area contributed by atoms with E-state index in [-0.39, 0.29) is 35.7 Å². The van der Waals surface area contributed by atoms with Crippen molar-refractivity contribution in [2.45, 2.75) is 19.1 Å². The van der Waals surface area contributed by atoms with Gasteiger partial charge in [-0.15, -0.1) is 0 Å². The fraction of sp³-hybridized carbons (Fsp3) is 0.281. The topological polar surface area (TPSA) is 96.7 Å². The molecule has 2 N–H and O–H groups in total. The molecule has 0 spiro atoms. The molecule has 1 fully saturated rings. The molecule has 0 atom stereocenters. The molecule has 5 aromatic rings. The minimum Gasteiger partial charge on any atom is -0.380 e. The lowest BCUT2D eigenvalue weighted by atomic mass is 9.98. The lowest BCUT2D eigenvalue weighted by Crippen LogP contribution is -2.43. The highest BCUT2D eigenvalue weighted by Crippen LogP contribution is 2.38. The number of hydrogen-bond donors (Lipinski definition) is 1. The number of hydrogen-bond acceptors (Lipinski definition) is 7. The largest absolute Gasteiger partial charge is 0.435 e. The van der Waals surface area contributed by atoms with E-state index in [0.29, 0.717) is 16.7 Å². The van der Waals surface area contributed by atoms with Gasteiger partial charge in [0.1, 0.15) is 5.69 Å². The van der Waals surface area contributed by atoms with E-state index in [9.17, 15) is 18.0 Å². The van der Waals surface area contributed by atoms with Gasteiger partial charge >= 0.3 is 6.18 Å². The van der Waals surface area contributed by atoms with Gasteiger partial charge in [0, 0.05) is 50.5 Å². The van der Waals surface area contributed by atoms with Crippen LogP contribution in [0, 0.1) is 0 Å². The van der Waals surface area contributed by atoms with Gasteiger partial charge < -0.3 is 20.1 Å². The van der Waals surface area contributed by atoms with Gasteiger partial charge in [0.15, 0.2) is 17.1 Å². The van der Waals surface area contributed by atoms with Crippen LogP contribution in [0.1, 0.15) is 27.3 Å². The normalized spacial score (nSPS) is 16.5. The number of nitrogens with zero attached hydrogens (tertiary/aromatic N) is 6. The van der Waals surface area contributed by atoms with Crippen LogP contribution in [0.5, 0.6) is 0 Å². The van der Waals surface area contributed by atoms with Crippen LogP contribution in [-0.2, 0) is 19.1 Å². The second kappa shape index (κ2) is 10.8. The third kappa shape index (κ3) is 4.99. The van der Waals surface area contributed by atoms with E-state index in [1.807, 2.05) is 36.4 Å². The van der Waals surface area contributed by atoms with Crippen molar-refractivity contribution in [2.24, 2.45) is 0 Å². The molecule has 12 heteroatoms. The van der Waals surface area contributed by atoms with Crippen molar-refractivity contribution in [1.82, 2.24) is 24.7 Å². The first-order valence-electron chi connectivity index (χ1n) is 14.4. The molecular formula is C32H30F3N7O2. The van der Waals surface area contributed by atoms with Crippen molar-refractivity contribution in [3.05, 3.63) is 89.2 Å². The van der Waals surface area contributed by atoms with Gasteiger partial charge in [-0.3, -0.25) is 9.69 Å². The van der Waals surface area contributed by atoms with Gasteiger partial charge in [-0.2, -0.15) is 18.3 Å². The quantitative estimate of drug-likeness (QED) is 0.295. The molecule has 2 aromatic heterocycles. The molecule has 7 rings (SSSR count). The minimum atomic E-state index is -4.72. The van der Waals surface area contributed by atoms with Crippen LogP contribution in [-0.4, -0.2) is 70.4 Å². The molecule has 9 nitrogen and oxygen atoms in total. The van der Waals surface area contributed by atoms with E-state index in [1.165, 1.54) is 22.6 Å². The van der Waals surface area contributed by atoms with Crippen LogP contribution in [0.25, 0.3) is 27.8 Å². The van der Waals surface area contributed by atoms with Crippen molar-refractivity contribution >= 4 is 28.4 Å². The van der Waals surface area contributed by atoms with Gasteiger partial charge in [0.25, 0.3) is 5.91 Å². The lowest BCUT2D eigenvalue weighted by Gasteiger charge is -2.32. The molecule has 1 amide bonds. The Balaban J connectivity index is 1.20. The Morgan fingerprint density at radius 1 is 0.932 bits per heavy atom. The summed E-state index contributed by atoms with van der Waals surface area (Å²) < 4.78 is 48.4. The van der Waals surface area contributed by atoms with Crippen molar-refractivity contribution in [2.75, 3.05) is 50.4 Å². The van der Waals surface area contributed by atoms with E-state index < -0.39 is 17.8 Å². The highest BCUT2D eigenvalue weighted by Gasteiger charge is 2.43. The lowest BCUT2D eigenvalue weighted by molar-refractivity contribution is -0.141. The van der Waals surface area contributed by atoms with Gasteiger partial charge in [-0.05, 0) is 60.5 Å². The molecule has 0 bridgehead atoms. The van der Waals surface area contributed by atoms with Gasteiger partial charge in [-0.25, -0.2) is 4.68 Å². The maximum absolute atomic E-state index is 14.1. The monoisotopic (exact) mass is 601 g/mol. The second-order valence-corrected chi connectivity index (χ2v) is 11.3. The maximum Gasteiger partial charge on any atom is 0.435 e. The fourth-order valence-corrected chi connectivity index (χ4v) is 6.11. The summed E-state index contributed by atoms with van der Waals surface area (Å²) in [7, 11) is 2.14. The Bertz CT molecular complexity index is 1850. The molecule has 0 aliphatic carbocycles. The summed E-state index contributed by atoms with van der Waals surface area (Å²) >= 11 is 0. The number of alkyl halides is 3. The number of fused-ring (bicyclic) bond motifs is 2. The number of nitrogen functional groups attached to an aromatic ring is 1. The molecule has 226 valence electrons. The van der Waals surface area contributed by atoms with E-state index in [2.05, 4.69) is 39.2 Å². The van der Waals surface area contributed by atoms with Crippen molar-refractivity contribution < 1.29 is 22.5 Å². The van der Waals surface area contributed by atoms with Crippen LogP contribution < -0.4 is 10.6 Å². The number of carbonyl (C=O) groups is 1. The fourth-order valence-electron chi connectivity index (χ4n) is 6.11. The highest BCUT2D eigenvalue weighted by molar-refractivity contribution is 6.08. The van der Waals surface area contributed by atoms with Crippen LogP contribution in [0.2, 0.25) is 0 Å². The Labute approximate surface area is 251 Å². The number of amides is 1. The average molecular weight is 602 g/mol. The maximum atomic E-state index is 14.1. The van der Waals surface area contributed by atoms with Crippen LogP contribution in [0.4, 0.5) is 24.7 Å². The standard InChI is InChI=1S/C32H30F3N7O2/c1-39-14-16-40(17-15-39)19-21-4-2-3-5-24(21)20-6-8-22(9-7-20)41-13-12-25-28(31(41)43)42(37-29(25)32(33,34)35)23-10-11-27-26(18-23)30(36)38-44-27/h2-11,18H,12-17,19H2,1H3,(H2,36,38). The number of anilines is 2. The number of aromatic nitrogens is 3. The predicted molar refractivity (Wildman–Crippen MR) is 161 cm³/mol. The summed E-state index contributed by atoms with van der Waals surface area (Å²) in [5.41, 5.74) is 9.14. The smallest absolute Gasteiger partial charge is 0.380 e. The van der Waals surface area contributed by atoms with E-state index in [0.717, 1.165) is 48.5 Å². The average Bonchev–Trinajstić information content (AvgIpc) is 3.60. The first-order chi connectivity index (χ1) is 21.2. The summed E-state index contributed by atoms with van der Waals surface area (Å²) in [5.74, 6) is -0.465. The number of benzene rings is 3. The number of carbonyl (C=O) groups excluding carboxylic acids is 1. The zero-order chi connectivity index (χ0) is 30.6. The number of piperazine rings is 1. The first-order valence-corrected chi connectivity index (χ1v) is 14.4. The minimum absolute atomic E-state index is 0.00315. The number of rotatable bonds is 5. The molecule has 1 saturated heterocycles. The summed E-state index contributed by atoms with van der Waals surface area (Å²) in [5, 5.41) is 8.02. The molecule has 4 heterocycles. The summed E-state index contributed by atoms with van der Waals surface area (Å²) in [6.07, 6.45) is -4.72. The van der Waals surface area contributed by atoms with Gasteiger partial charge in [0.05, 0.1) is 11.1 Å². The van der Waals surface area contributed by atoms with Gasteiger partial charge in [-0.1, -0.05) is 41.6 Å². The zero-order valence-electron chi connectivity index (χ0n) is 24.0. The summed E-state index contributed by atoms with van der Waals surface area (Å²) in [6.45, 7) is 5.03. The van der Waals surface area contributed by atoms with Gasteiger partial charge in [0.2, 0.25) is 0 Å². The first kappa shape index (κ1) is 28.1. The molecule has 2 aliphatic heterocycles. The number of nitrogens with two attached hydrogens (primary N) is 1. The third-order valence-electron chi connectivity index (χ3n) is 8.51. The molecule has 2 aliphatic rings. The van der Waals surface area contributed by atoms with Crippen LogP contribution in [0.15, 0.2) is 71.3 Å². The molecule has 0 radical (unpaired) electrons. The number of likely N-dealkylation sites (N-methyl/N-ethyl adjacent to an activating group) is 1. The molecule has 3 aromatic carbocycles. The third-order valence-corrected chi connectivity index (χ3v) is 8.51. The molecule has 0 unspecified atom stereocenters. The van der Waals surface area contributed by atoms with Crippen LogP contribution in [0.3, 0.4) is 0 Å². The van der Waals surface area contributed by atoms with Crippen molar-refractivity contribution in [3.8, 4) is 16.8 Å². The Morgan fingerprint density at radius 3 is 2.41 bits per heavy atom. The molecule has 44 heavy (non-hydrogen) atoms. The Hall–Kier alpha value is -4.68. The van der Waals surface area contributed by atoms with Crippen LogP contribution >= 0.6 is 0 Å². The summed E-state index contributed by atoms with van der Waals surface area (Å²) in [6, 6.07) is 20.5. The predicted octanol–water partition coefficient (Wildman–Crippen LogP) is 5.23.